The molecule has 3 rings (SSSR count). The van der Waals surface area contributed by atoms with E-state index < -0.39 is 0 Å². The predicted octanol–water partition coefficient (Wildman–Crippen LogP) is 3.85. The number of aliphatic imine (C=N–C) groups is 1. The molecule has 0 spiro atoms. The molecule has 1 aromatic carbocycles. The normalized spacial score (nSPS) is 11.2. The third kappa shape index (κ3) is 6.35. The molecular formula is C22H31IN6. The van der Waals surface area contributed by atoms with Gasteiger partial charge in [-0.05, 0) is 55.2 Å². The molecule has 29 heavy (non-hydrogen) atoms. The number of aryl methyl sites for hydroxylation is 1. The Bertz CT molecular complexity index is 947. The van der Waals surface area contributed by atoms with E-state index in [-0.39, 0.29) is 24.0 Å². The Morgan fingerprint density at radius 1 is 1.17 bits per heavy atom. The summed E-state index contributed by atoms with van der Waals surface area (Å²) in [6.07, 6.45) is 4.88. The molecule has 0 radical (unpaired) electrons. The van der Waals surface area contributed by atoms with Crippen LogP contribution in [0.1, 0.15) is 23.6 Å². The summed E-state index contributed by atoms with van der Waals surface area (Å²) in [5.74, 6) is 1.78. The number of fused-ring (bicyclic) bond motifs is 1. The maximum absolute atomic E-state index is 4.72. The SMILES string of the molecule is CCNC(=NCc1ccnc(N(C)C)c1)NCCc1c[nH]c2cc(C)ccc12.I. The molecule has 0 unspecified atom stereocenters. The number of aromatic amines is 1. The van der Waals surface area contributed by atoms with Crippen molar-refractivity contribution in [3.8, 4) is 0 Å². The minimum atomic E-state index is 0. The predicted molar refractivity (Wildman–Crippen MR) is 134 cm³/mol. The Hall–Kier alpha value is -2.29. The van der Waals surface area contributed by atoms with Gasteiger partial charge in [0.15, 0.2) is 5.96 Å². The highest BCUT2D eigenvalue weighted by molar-refractivity contribution is 14.0. The summed E-state index contributed by atoms with van der Waals surface area (Å²) >= 11 is 0. The Kier molecular flexibility index (Phi) is 8.75. The fourth-order valence-electron chi connectivity index (χ4n) is 3.14. The van der Waals surface area contributed by atoms with Crippen molar-refractivity contribution in [2.75, 3.05) is 32.1 Å². The number of hydrogen-bond acceptors (Lipinski definition) is 3. The first-order valence-electron chi connectivity index (χ1n) is 9.78. The highest BCUT2D eigenvalue weighted by atomic mass is 127. The summed E-state index contributed by atoms with van der Waals surface area (Å²) in [6, 6.07) is 10.6. The Balaban J connectivity index is 0.00000300. The lowest BCUT2D eigenvalue weighted by atomic mass is 10.1. The lowest BCUT2D eigenvalue weighted by Gasteiger charge is -2.13. The number of pyridine rings is 1. The van der Waals surface area contributed by atoms with Gasteiger partial charge in [0.1, 0.15) is 5.82 Å². The van der Waals surface area contributed by atoms with E-state index in [0.717, 1.165) is 36.9 Å². The van der Waals surface area contributed by atoms with Gasteiger partial charge in [0, 0.05) is 50.5 Å². The molecule has 0 saturated heterocycles. The lowest BCUT2D eigenvalue weighted by Crippen LogP contribution is -2.38. The van der Waals surface area contributed by atoms with Crippen molar-refractivity contribution >= 4 is 46.7 Å². The van der Waals surface area contributed by atoms with Crippen molar-refractivity contribution in [2.45, 2.75) is 26.8 Å². The number of halogens is 1. The third-order valence-corrected chi connectivity index (χ3v) is 4.64. The molecule has 0 saturated carbocycles. The minimum Gasteiger partial charge on any atom is -0.363 e. The Labute approximate surface area is 190 Å². The van der Waals surface area contributed by atoms with Crippen molar-refractivity contribution in [3.63, 3.8) is 0 Å². The van der Waals surface area contributed by atoms with Crippen LogP contribution in [0.25, 0.3) is 10.9 Å². The average molecular weight is 506 g/mol. The van der Waals surface area contributed by atoms with Gasteiger partial charge < -0.3 is 20.5 Å². The monoisotopic (exact) mass is 506 g/mol. The van der Waals surface area contributed by atoms with Gasteiger partial charge in [-0.25, -0.2) is 9.98 Å². The topological polar surface area (TPSA) is 68.3 Å². The Morgan fingerprint density at radius 3 is 2.76 bits per heavy atom. The van der Waals surface area contributed by atoms with E-state index in [9.17, 15) is 0 Å². The van der Waals surface area contributed by atoms with Gasteiger partial charge in [-0.2, -0.15) is 0 Å². The number of anilines is 1. The summed E-state index contributed by atoms with van der Waals surface area (Å²) in [4.78, 5) is 14.4. The van der Waals surface area contributed by atoms with Gasteiger partial charge in [0.25, 0.3) is 0 Å². The van der Waals surface area contributed by atoms with E-state index in [0.29, 0.717) is 6.54 Å². The third-order valence-electron chi connectivity index (χ3n) is 4.64. The standard InChI is InChI=1S/C22H30N6.HI/c1-5-23-22(27-14-17-8-10-24-21(13-17)28(3)4)25-11-9-18-15-26-20-12-16(2)6-7-19(18)20;/h6-8,10,12-13,15,26H,5,9,11,14H2,1-4H3,(H2,23,25,27);1H. The van der Waals surface area contributed by atoms with E-state index in [2.05, 4.69) is 64.9 Å². The first kappa shape index (κ1) is 23.0. The number of hydrogen-bond donors (Lipinski definition) is 3. The second-order valence-electron chi connectivity index (χ2n) is 7.15. The lowest BCUT2D eigenvalue weighted by molar-refractivity contribution is 0.801. The zero-order valence-corrected chi connectivity index (χ0v) is 20.0. The van der Waals surface area contributed by atoms with Crippen LogP contribution < -0.4 is 15.5 Å². The fourth-order valence-corrected chi connectivity index (χ4v) is 3.14. The number of H-pyrrole nitrogens is 1. The quantitative estimate of drug-likeness (QED) is 0.259. The molecule has 2 heterocycles. The summed E-state index contributed by atoms with van der Waals surface area (Å²) in [7, 11) is 3.99. The highest BCUT2D eigenvalue weighted by Gasteiger charge is 2.05. The fraction of sp³-hybridized carbons (Fsp3) is 0.364. The Morgan fingerprint density at radius 2 is 2.00 bits per heavy atom. The second kappa shape index (κ2) is 11.0. The molecular weight excluding hydrogens is 475 g/mol. The molecule has 156 valence electrons. The van der Waals surface area contributed by atoms with Crippen LogP contribution in [0.2, 0.25) is 0 Å². The molecule has 0 atom stereocenters. The smallest absolute Gasteiger partial charge is 0.191 e. The maximum atomic E-state index is 4.72. The molecule has 0 bridgehead atoms. The molecule has 0 aliphatic rings. The molecule has 3 N–H and O–H groups in total. The molecule has 0 amide bonds. The maximum Gasteiger partial charge on any atom is 0.191 e. The number of rotatable bonds is 7. The second-order valence-corrected chi connectivity index (χ2v) is 7.15. The summed E-state index contributed by atoms with van der Waals surface area (Å²) in [5.41, 5.74) is 4.94. The van der Waals surface area contributed by atoms with E-state index in [1.165, 1.54) is 22.0 Å². The van der Waals surface area contributed by atoms with Crippen molar-refractivity contribution < 1.29 is 0 Å². The zero-order valence-electron chi connectivity index (χ0n) is 17.6. The van der Waals surface area contributed by atoms with Crippen LogP contribution in [0.15, 0.2) is 47.7 Å². The van der Waals surface area contributed by atoms with Crippen LogP contribution in [0.3, 0.4) is 0 Å². The van der Waals surface area contributed by atoms with Crippen molar-refractivity contribution in [1.29, 1.82) is 0 Å². The van der Waals surface area contributed by atoms with Crippen molar-refractivity contribution in [1.82, 2.24) is 20.6 Å². The van der Waals surface area contributed by atoms with Crippen LogP contribution in [0, 0.1) is 6.92 Å². The van der Waals surface area contributed by atoms with Crippen LogP contribution >= 0.6 is 24.0 Å². The van der Waals surface area contributed by atoms with Crippen LogP contribution in [0.5, 0.6) is 0 Å². The number of guanidine groups is 1. The summed E-state index contributed by atoms with van der Waals surface area (Å²) in [5, 5.41) is 8.06. The van der Waals surface area contributed by atoms with Crippen LogP contribution in [-0.4, -0.2) is 43.1 Å². The first-order valence-corrected chi connectivity index (χ1v) is 9.78. The van der Waals surface area contributed by atoms with Gasteiger partial charge >= 0.3 is 0 Å². The van der Waals surface area contributed by atoms with Gasteiger partial charge in [-0.15, -0.1) is 24.0 Å². The van der Waals surface area contributed by atoms with Gasteiger partial charge in [0.05, 0.1) is 6.54 Å². The number of nitrogens with one attached hydrogen (secondary N) is 3. The van der Waals surface area contributed by atoms with Crippen molar-refractivity contribution in [3.05, 3.63) is 59.4 Å². The molecule has 3 aromatic rings. The highest BCUT2D eigenvalue weighted by Crippen LogP contribution is 2.19. The first-order chi connectivity index (χ1) is 13.6. The molecule has 0 aliphatic carbocycles. The van der Waals surface area contributed by atoms with E-state index in [1.807, 2.05) is 31.3 Å². The number of benzene rings is 1. The van der Waals surface area contributed by atoms with Gasteiger partial charge in [-0.1, -0.05) is 12.1 Å². The molecule has 6 nitrogen and oxygen atoms in total. The zero-order chi connectivity index (χ0) is 19.9. The summed E-state index contributed by atoms with van der Waals surface area (Å²) < 4.78 is 0. The molecule has 0 aliphatic heterocycles. The van der Waals surface area contributed by atoms with Gasteiger partial charge in [-0.3, -0.25) is 0 Å². The molecule has 7 heteroatoms. The van der Waals surface area contributed by atoms with Crippen LogP contribution in [-0.2, 0) is 13.0 Å². The number of aromatic nitrogens is 2. The van der Waals surface area contributed by atoms with E-state index in [4.69, 9.17) is 4.99 Å². The van der Waals surface area contributed by atoms with E-state index >= 15 is 0 Å². The van der Waals surface area contributed by atoms with E-state index in [1.54, 1.807) is 0 Å². The van der Waals surface area contributed by atoms with Gasteiger partial charge in [0.2, 0.25) is 0 Å². The summed E-state index contributed by atoms with van der Waals surface area (Å²) in [6.45, 7) is 6.47. The molecule has 0 fully saturated rings. The molecule has 2 aromatic heterocycles. The van der Waals surface area contributed by atoms with Crippen LogP contribution in [0.4, 0.5) is 5.82 Å². The number of nitrogens with zero attached hydrogens (tertiary/aromatic N) is 3. The minimum absolute atomic E-state index is 0. The van der Waals surface area contributed by atoms with Crippen molar-refractivity contribution in [2.24, 2.45) is 4.99 Å². The average Bonchev–Trinajstić information content (AvgIpc) is 3.08. The largest absolute Gasteiger partial charge is 0.363 e.